The second kappa shape index (κ2) is 7.06. The number of hydrogen-bond donors (Lipinski definition) is 1. The normalized spacial score (nSPS) is 9.50. The molecule has 0 spiro atoms. The number of rotatable bonds is 7. The molecule has 5 heteroatoms. The first-order valence-corrected chi connectivity index (χ1v) is 4.49. The fourth-order valence-electron chi connectivity index (χ4n) is 0.895. The third kappa shape index (κ3) is 6.16. The van der Waals surface area contributed by atoms with E-state index in [0.29, 0.717) is 19.4 Å². The molecule has 0 heterocycles. The second-order valence-corrected chi connectivity index (χ2v) is 2.74. The Morgan fingerprint density at radius 2 is 1.71 bits per heavy atom. The molecule has 0 amide bonds. The van der Waals surface area contributed by atoms with Crippen molar-refractivity contribution >= 4 is 17.7 Å². The molecule has 0 saturated carbocycles. The van der Waals surface area contributed by atoms with Gasteiger partial charge in [0.15, 0.2) is 0 Å². The predicted molar refractivity (Wildman–Crippen MR) is 47.7 cm³/mol. The zero-order chi connectivity index (χ0) is 11.0. The maximum atomic E-state index is 10.8. The fraction of sp³-hybridized carbons (Fsp3) is 0.667. The van der Waals surface area contributed by atoms with Gasteiger partial charge in [0.05, 0.1) is 6.61 Å². The van der Waals surface area contributed by atoms with E-state index < -0.39 is 11.8 Å². The largest absolute Gasteiger partial charge is 0.476 e. The molecule has 0 atom stereocenters. The van der Waals surface area contributed by atoms with Crippen molar-refractivity contribution in [2.24, 2.45) is 0 Å². The van der Waals surface area contributed by atoms with Crippen LogP contribution in [0.5, 0.6) is 0 Å². The molecule has 0 aliphatic carbocycles. The van der Waals surface area contributed by atoms with Crippen molar-refractivity contribution < 1.29 is 24.2 Å². The highest BCUT2D eigenvalue weighted by Crippen LogP contribution is 2.02. The summed E-state index contributed by atoms with van der Waals surface area (Å²) in [6.45, 7) is 2.05. The van der Waals surface area contributed by atoms with Crippen molar-refractivity contribution in [2.45, 2.75) is 32.6 Å². The summed E-state index contributed by atoms with van der Waals surface area (Å²) in [5.41, 5.74) is 0. The summed E-state index contributed by atoms with van der Waals surface area (Å²) in [6.07, 6.45) is 1.11. The number of carbonyl (C=O) groups excluding carboxylic acids is 2. The number of carboxylic acid groups (broad SMARTS) is 1. The summed E-state index contributed by atoms with van der Waals surface area (Å²) in [5, 5.41) is 8.23. The van der Waals surface area contributed by atoms with Gasteiger partial charge in [-0.05, 0) is 19.8 Å². The molecule has 0 radical (unpaired) electrons. The maximum Gasteiger partial charge on any atom is 0.372 e. The summed E-state index contributed by atoms with van der Waals surface area (Å²) in [6, 6.07) is 0. The standard InChI is InChI=1S/C9H14O5/c1-2-14-8(11)6-4-3-5-7(10)9(12)13/h2-6H2,1H3,(H,12,13). The molecule has 5 nitrogen and oxygen atoms in total. The molecule has 0 aliphatic heterocycles. The van der Waals surface area contributed by atoms with Crippen molar-refractivity contribution in [1.29, 1.82) is 0 Å². The van der Waals surface area contributed by atoms with Crippen LogP contribution < -0.4 is 0 Å². The van der Waals surface area contributed by atoms with Gasteiger partial charge in [-0.1, -0.05) is 0 Å². The number of aliphatic carboxylic acids is 1. The number of carboxylic acids is 1. The van der Waals surface area contributed by atoms with E-state index in [0.717, 1.165) is 0 Å². The van der Waals surface area contributed by atoms with Crippen LogP contribution in [0.15, 0.2) is 0 Å². The number of carbonyl (C=O) groups is 3. The third-order valence-corrected chi connectivity index (χ3v) is 1.58. The average Bonchev–Trinajstić information content (AvgIpc) is 2.12. The molecule has 0 fully saturated rings. The number of unbranched alkanes of at least 4 members (excludes halogenated alkanes) is 1. The Balaban J connectivity index is 3.42. The number of ketones is 1. The Morgan fingerprint density at radius 1 is 1.14 bits per heavy atom. The Kier molecular flexibility index (Phi) is 6.36. The van der Waals surface area contributed by atoms with E-state index in [4.69, 9.17) is 5.11 Å². The van der Waals surface area contributed by atoms with Crippen LogP contribution in [-0.4, -0.2) is 29.4 Å². The van der Waals surface area contributed by atoms with Gasteiger partial charge in [0, 0.05) is 12.8 Å². The van der Waals surface area contributed by atoms with Gasteiger partial charge >= 0.3 is 11.9 Å². The summed E-state index contributed by atoms with van der Waals surface area (Å²) in [7, 11) is 0. The van der Waals surface area contributed by atoms with E-state index in [1.807, 2.05) is 0 Å². The zero-order valence-corrected chi connectivity index (χ0v) is 8.12. The van der Waals surface area contributed by atoms with Crippen LogP contribution in [-0.2, 0) is 19.1 Å². The smallest absolute Gasteiger partial charge is 0.372 e. The lowest BCUT2D eigenvalue weighted by Crippen LogP contribution is -2.12. The molecule has 0 bridgehead atoms. The first-order chi connectivity index (χ1) is 6.57. The highest BCUT2D eigenvalue weighted by atomic mass is 16.5. The molecule has 80 valence electrons. The van der Waals surface area contributed by atoms with Gasteiger partial charge in [0.1, 0.15) is 0 Å². The van der Waals surface area contributed by atoms with Gasteiger partial charge in [0.2, 0.25) is 5.78 Å². The maximum absolute atomic E-state index is 10.8. The molecular formula is C9H14O5. The summed E-state index contributed by atoms with van der Waals surface area (Å²) < 4.78 is 4.66. The van der Waals surface area contributed by atoms with E-state index in [9.17, 15) is 14.4 Å². The summed E-state index contributed by atoms with van der Waals surface area (Å²) in [4.78, 5) is 31.5. The molecule has 0 saturated heterocycles. The van der Waals surface area contributed by atoms with Gasteiger partial charge in [0.25, 0.3) is 0 Å². The van der Waals surface area contributed by atoms with Crippen molar-refractivity contribution in [2.75, 3.05) is 6.61 Å². The molecule has 1 N–H and O–H groups in total. The lowest BCUT2D eigenvalue weighted by molar-refractivity contribution is -0.149. The van der Waals surface area contributed by atoms with Crippen molar-refractivity contribution in [3.63, 3.8) is 0 Å². The molecule has 14 heavy (non-hydrogen) atoms. The molecule has 0 aromatic heterocycles. The number of esters is 1. The number of ether oxygens (including phenoxy) is 1. The molecular weight excluding hydrogens is 188 g/mol. The highest BCUT2D eigenvalue weighted by Gasteiger charge is 2.10. The fourth-order valence-corrected chi connectivity index (χ4v) is 0.895. The Bertz CT molecular complexity index is 221. The SMILES string of the molecule is CCOC(=O)CCCCC(=O)C(=O)O. The van der Waals surface area contributed by atoms with E-state index in [1.165, 1.54) is 0 Å². The van der Waals surface area contributed by atoms with Gasteiger partial charge < -0.3 is 9.84 Å². The van der Waals surface area contributed by atoms with Crippen LogP contribution in [0.25, 0.3) is 0 Å². The van der Waals surface area contributed by atoms with Gasteiger partial charge in [-0.3, -0.25) is 9.59 Å². The Labute approximate surface area is 82.1 Å². The average molecular weight is 202 g/mol. The van der Waals surface area contributed by atoms with Crippen molar-refractivity contribution in [3.8, 4) is 0 Å². The Morgan fingerprint density at radius 3 is 2.21 bits per heavy atom. The molecule has 0 aromatic rings. The third-order valence-electron chi connectivity index (χ3n) is 1.58. The molecule has 0 aliphatic rings. The van der Waals surface area contributed by atoms with E-state index in [1.54, 1.807) is 6.92 Å². The van der Waals surface area contributed by atoms with Crippen molar-refractivity contribution in [3.05, 3.63) is 0 Å². The predicted octanol–water partition coefficient (Wildman–Crippen LogP) is 0.764. The van der Waals surface area contributed by atoms with E-state index in [-0.39, 0.29) is 18.8 Å². The van der Waals surface area contributed by atoms with Gasteiger partial charge in [-0.15, -0.1) is 0 Å². The van der Waals surface area contributed by atoms with Crippen LogP contribution >= 0.6 is 0 Å². The lowest BCUT2D eigenvalue weighted by atomic mass is 10.1. The van der Waals surface area contributed by atoms with Crippen LogP contribution in [0.1, 0.15) is 32.6 Å². The quantitative estimate of drug-likeness (QED) is 0.374. The minimum Gasteiger partial charge on any atom is -0.476 e. The van der Waals surface area contributed by atoms with Crippen LogP contribution in [0, 0.1) is 0 Å². The Hall–Kier alpha value is -1.39. The van der Waals surface area contributed by atoms with Gasteiger partial charge in [-0.25, -0.2) is 4.79 Å². The monoisotopic (exact) mass is 202 g/mol. The zero-order valence-electron chi connectivity index (χ0n) is 8.12. The van der Waals surface area contributed by atoms with Crippen LogP contribution in [0.4, 0.5) is 0 Å². The van der Waals surface area contributed by atoms with Gasteiger partial charge in [-0.2, -0.15) is 0 Å². The number of hydrogen-bond acceptors (Lipinski definition) is 4. The van der Waals surface area contributed by atoms with Crippen LogP contribution in [0.3, 0.4) is 0 Å². The minimum absolute atomic E-state index is 0.0191. The number of Topliss-reactive ketones (excluding diaryl/α,β-unsaturated/α-hetero) is 1. The van der Waals surface area contributed by atoms with Crippen LogP contribution in [0.2, 0.25) is 0 Å². The highest BCUT2D eigenvalue weighted by molar-refractivity contribution is 6.32. The molecule has 0 unspecified atom stereocenters. The lowest BCUT2D eigenvalue weighted by Gasteiger charge is -2.00. The van der Waals surface area contributed by atoms with E-state index in [2.05, 4.69) is 4.74 Å². The topological polar surface area (TPSA) is 80.7 Å². The summed E-state index contributed by atoms with van der Waals surface area (Å²) in [5.74, 6) is -2.54. The first-order valence-electron chi connectivity index (χ1n) is 4.49. The molecule has 0 aromatic carbocycles. The molecule has 0 rings (SSSR count). The first kappa shape index (κ1) is 12.6. The summed E-state index contributed by atoms with van der Waals surface area (Å²) >= 11 is 0. The minimum atomic E-state index is -1.42. The van der Waals surface area contributed by atoms with Crippen molar-refractivity contribution in [1.82, 2.24) is 0 Å². The van der Waals surface area contributed by atoms with E-state index >= 15 is 0 Å². The second-order valence-electron chi connectivity index (χ2n) is 2.74.